The van der Waals surface area contributed by atoms with Crippen LogP contribution in [0.1, 0.15) is 42.9 Å². The fourth-order valence-corrected chi connectivity index (χ4v) is 4.66. The summed E-state index contributed by atoms with van der Waals surface area (Å²) in [5.74, 6) is 0. The van der Waals surface area contributed by atoms with Crippen LogP contribution >= 0.6 is 0 Å². The van der Waals surface area contributed by atoms with Crippen LogP contribution in [0.4, 0.5) is 0 Å². The van der Waals surface area contributed by atoms with Gasteiger partial charge in [0.15, 0.2) is 0 Å². The number of rotatable bonds is 2. The van der Waals surface area contributed by atoms with Gasteiger partial charge in [-0.3, -0.25) is 9.80 Å². The lowest BCUT2D eigenvalue weighted by molar-refractivity contribution is 0.0656. The van der Waals surface area contributed by atoms with Crippen molar-refractivity contribution < 1.29 is 0 Å². The molecule has 0 amide bonds. The molecule has 3 aliphatic rings. The van der Waals surface area contributed by atoms with Crippen molar-refractivity contribution in [1.82, 2.24) is 9.80 Å². The molecule has 1 aromatic carbocycles. The highest BCUT2D eigenvalue weighted by atomic mass is 15.3. The molecular formula is C18H27N3. The number of nitrogens with zero attached hydrogens (tertiary/aromatic N) is 2. The van der Waals surface area contributed by atoms with Crippen LogP contribution in [0.2, 0.25) is 0 Å². The van der Waals surface area contributed by atoms with Crippen molar-refractivity contribution in [3.8, 4) is 0 Å². The minimum Gasteiger partial charge on any atom is -0.323 e. The van der Waals surface area contributed by atoms with E-state index in [1.165, 1.54) is 63.0 Å². The number of benzene rings is 1. The standard InChI is InChI=1S/C18H27N3/c19-18-16-8-4-1-5-14(16)13-17(18)21-11-9-20(10-12-21)15-6-2-3-7-15/h1,4-5,8,15,17-18H,2-3,6-7,9-13,19H2. The summed E-state index contributed by atoms with van der Waals surface area (Å²) in [4.78, 5) is 5.38. The minimum atomic E-state index is 0.208. The maximum absolute atomic E-state index is 6.52. The Bertz CT molecular complexity index is 487. The fourth-order valence-electron chi connectivity index (χ4n) is 4.66. The zero-order valence-electron chi connectivity index (χ0n) is 12.9. The molecule has 0 radical (unpaired) electrons. The highest BCUT2D eigenvalue weighted by Crippen LogP contribution is 2.33. The zero-order valence-corrected chi connectivity index (χ0v) is 12.9. The molecule has 1 saturated heterocycles. The van der Waals surface area contributed by atoms with E-state index in [2.05, 4.69) is 34.1 Å². The Kier molecular flexibility index (Phi) is 3.74. The molecule has 21 heavy (non-hydrogen) atoms. The second-order valence-corrected chi connectivity index (χ2v) is 7.01. The van der Waals surface area contributed by atoms with Gasteiger partial charge in [-0.1, -0.05) is 37.1 Å². The van der Waals surface area contributed by atoms with Crippen molar-refractivity contribution in [2.24, 2.45) is 5.73 Å². The van der Waals surface area contributed by atoms with Crippen LogP contribution in [0, 0.1) is 0 Å². The largest absolute Gasteiger partial charge is 0.323 e. The third kappa shape index (κ3) is 2.52. The molecule has 4 rings (SSSR count). The van der Waals surface area contributed by atoms with Crippen molar-refractivity contribution >= 4 is 0 Å². The van der Waals surface area contributed by atoms with Crippen molar-refractivity contribution in [1.29, 1.82) is 0 Å². The Hall–Kier alpha value is -0.900. The number of hydrogen-bond acceptors (Lipinski definition) is 3. The van der Waals surface area contributed by atoms with Crippen LogP contribution in [-0.2, 0) is 6.42 Å². The number of nitrogens with two attached hydrogens (primary N) is 1. The van der Waals surface area contributed by atoms with Gasteiger partial charge in [0, 0.05) is 44.3 Å². The summed E-state index contributed by atoms with van der Waals surface area (Å²) < 4.78 is 0. The molecule has 1 aliphatic heterocycles. The quantitative estimate of drug-likeness (QED) is 0.904. The van der Waals surface area contributed by atoms with E-state index in [-0.39, 0.29) is 6.04 Å². The number of fused-ring (bicyclic) bond motifs is 1. The van der Waals surface area contributed by atoms with Gasteiger partial charge in [-0.05, 0) is 30.4 Å². The molecule has 114 valence electrons. The van der Waals surface area contributed by atoms with Crippen molar-refractivity contribution in [2.75, 3.05) is 26.2 Å². The summed E-state index contributed by atoms with van der Waals surface area (Å²) in [7, 11) is 0. The normalized spacial score (nSPS) is 31.7. The van der Waals surface area contributed by atoms with Crippen molar-refractivity contribution in [3.63, 3.8) is 0 Å². The molecular weight excluding hydrogens is 258 g/mol. The lowest BCUT2D eigenvalue weighted by Gasteiger charge is -2.41. The molecule has 2 N–H and O–H groups in total. The Labute approximate surface area is 128 Å². The van der Waals surface area contributed by atoms with E-state index in [0.717, 1.165) is 12.5 Å². The van der Waals surface area contributed by atoms with E-state index >= 15 is 0 Å². The van der Waals surface area contributed by atoms with E-state index in [9.17, 15) is 0 Å². The lowest BCUT2D eigenvalue weighted by Crippen LogP contribution is -2.54. The van der Waals surface area contributed by atoms with Crippen LogP contribution in [0.15, 0.2) is 24.3 Å². The molecule has 2 aliphatic carbocycles. The molecule has 2 fully saturated rings. The fraction of sp³-hybridized carbons (Fsp3) is 0.667. The molecule has 0 aromatic heterocycles. The van der Waals surface area contributed by atoms with E-state index in [0.29, 0.717) is 6.04 Å². The van der Waals surface area contributed by atoms with Crippen LogP contribution < -0.4 is 5.73 Å². The predicted molar refractivity (Wildman–Crippen MR) is 86.3 cm³/mol. The average Bonchev–Trinajstić information content (AvgIpc) is 3.17. The first-order valence-electron chi connectivity index (χ1n) is 8.64. The molecule has 1 aromatic rings. The van der Waals surface area contributed by atoms with Crippen molar-refractivity contribution in [2.45, 2.75) is 50.2 Å². The summed E-state index contributed by atoms with van der Waals surface area (Å²) in [6.45, 7) is 4.88. The van der Waals surface area contributed by atoms with Gasteiger partial charge in [0.05, 0.1) is 0 Å². The van der Waals surface area contributed by atoms with Crippen molar-refractivity contribution in [3.05, 3.63) is 35.4 Å². The Morgan fingerprint density at radius 2 is 1.57 bits per heavy atom. The third-order valence-corrected chi connectivity index (χ3v) is 5.92. The maximum atomic E-state index is 6.52. The van der Waals surface area contributed by atoms with Gasteiger partial charge < -0.3 is 5.73 Å². The maximum Gasteiger partial charge on any atom is 0.0459 e. The molecule has 0 spiro atoms. The first-order valence-corrected chi connectivity index (χ1v) is 8.64. The van der Waals surface area contributed by atoms with Crippen LogP contribution in [0.25, 0.3) is 0 Å². The topological polar surface area (TPSA) is 32.5 Å². The highest BCUT2D eigenvalue weighted by molar-refractivity contribution is 5.36. The van der Waals surface area contributed by atoms with Crippen LogP contribution in [0.5, 0.6) is 0 Å². The molecule has 1 saturated carbocycles. The van der Waals surface area contributed by atoms with Crippen LogP contribution in [-0.4, -0.2) is 48.1 Å². The Morgan fingerprint density at radius 1 is 0.905 bits per heavy atom. The smallest absolute Gasteiger partial charge is 0.0459 e. The van der Waals surface area contributed by atoms with Gasteiger partial charge in [0.25, 0.3) is 0 Å². The first kappa shape index (κ1) is 13.7. The number of hydrogen-bond donors (Lipinski definition) is 1. The molecule has 3 heteroatoms. The molecule has 1 heterocycles. The second kappa shape index (κ2) is 5.71. The molecule has 0 bridgehead atoms. The highest BCUT2D eigenvalue weighted by Gasteiger charge is 2.36. The van der Waals surface area contributed by atoms with Gasteiger partial charge in [-0.25, -0.2) is 0 Å². The van der Waals surface area contributed by atoms with E-state index in [4.69, 9.17) is 5.73 Å². The summed E-state index contributed by atoms with van der Waals surface area (Å²) in [5, 5.41) is 0. The second-order valence-electron chi connectivity index (χ2n) is 7.01. The monoisotopic (exact) mass is 285 g/mol. The van der Waals surface area contributed by atoms with Gasteiger partial charge in [-0.2, -0.15) is 0 Å². The third-order valence-electron chi connectivity index (χ3n) is 5.92. The first-order chi connectivity index (χ1) is 10.3. The summed E-state index contributed by atoms with van der Waals surface area (Å²) in [6, 6.07) is 10.3. The molecule has 3 nitrogen and oxygen atoms in total. The minimum absolute atomic E-state index is 0.208. The van der Waals surface area contributed by atoms with Gasteiger partial charge in [0.1, 0.15) is 0 Å². The average molecular weight is 285 g/mol. The van der Waals surface area contributed by atoms with E-state index in [1.54, 1.807) is 0 Å². The Balaban J connectivity index is 1.39. The Morgan fingerprint density at radius 3 is 2.29 bits per heavy atom. The molecule has 2 unspecified atom stereocenters. The van der Waals surface area contributed by atoms with E-state index < -0.39 is 0 Å². The number of piperazine rings is 1. The summed E-state index contributed by atoms with van der Waals surface area (Å²) >= 11 is 0. The SMILES string of the molecule is NC1c2ccccc2CC1N1CCN(C2CCCC2)CC1. The zero-order chi connectivity index (χ0) is 14.2. The summed E-state index contributed by atoms with van der Waals surface area (Å²) in [5.41, 5.74) is 9.36. The van der Waals surface area contributed by atoms with Gasteiger partial charge in [-0.15, -0.1) is 0 Å². The lowest BCUT2D eigenvalue weighted by atomic mass is 10.1. The summed E-state index contributed by atoms with van der Waals surface area (Å²) in [6.07, 6.45) is 6.87. The molecule has 2 atom stereocenters. The van der Waals surface area contributed by atoms with E-state index in [1.807, 2.05) is 0 Å². The predicted octanol–water partition coefficient (Wildman–Crippen LogP) is 2.17. The van der Waals surface area contributed by atoms with Crippen LogP contribution in [0.3, 0.4) is 0 Å². The van der Waals surface area contributed by atoms with Gasteiger partial charge >= 0.3 is 0 Å². The van der Waals surface area contributed by atoms with Gasteiger partial charge in [0.2, 0.25) is 0 Å².